The lowest BCUT2D eigenvalue weighted by Crippen LogP contribution is -2.38. The van der Waals surface area contributed by atoms with Gasteiger partial charge in [-0.1, -0.05) is 6.92 Å². The molecule has 6 heteroatoms. The van der Waals surface area contributed by atoms with Crippen LogP contribution < -0.4 is 5.32 Å². The standard InChI is InChI=1S/C17H22N2O2S2/c1-12-4-6-13(7-5-12)18-16(20)11-22-9-14-10-23-17(19-14)15-3-2-8-21-15/h2-3,8,10,12-13H,4-7,9,11H2,1H3,(H,18,20). The predicted octanol–water partition coefficient (Wildman–Crippen LogP) is 4.33. The molecule has 1 fully saturated rings. The maximum absolute atomic E-state index is 12.0. The maximum atomic E-state index is 12.0. The molecule has 124 valence electrons. The van der Waals surface area contributed by atoms with Gasteiger partial charge in [-0.25, -0.2) is 4.98 Å². The molecule has 1 amide bonds. The lowest BCUT2D eigenvalue weighted by molar-refractivity contribution is -0.119. The molecule has 2 aromatic heterocycles. The zero-order valence-corrected chi connectivity index (χ0v) is 14.9. The average Bonchev–Trinajstić information content (AvgIpc) is 3.20. The minimum absolute atomic E-state index is 0.149. The largest absolute Gasteiger partial charge is 0.462 e. The van der Waals surface area contributed by atoms with Crippen LogP contribution in [0, 0.1) is 5.92 Å². The lowest BCUT2D eigenvalue weighted by Gasteiger charge is -2.26. The van der Waals surface area contributed by atoms with Gasteiger partial charge in [0.2, 0.25) is 5.91 Å². The van der Waals surface area contributed by atoms with Gasteiger partial charge in [-0.15, -0.1) is 23.1 Å². The fourth-order valence-corrected chi connectivity index (χ4v) is 4.43. The molecule has 1 N–H and O–H groups in total. The van der Waals surface area contributed by atoms with Crippen molar-refractivity contribution in [2.24, 2.45) is 5.92 Å². The first-order valence-electron chi connectivity index (χ1n) is 8.06. The van der Waals surface area contributed by atoms with E-state index in [0.717, 1.165) is 41.0 Å². The van der Waals surface area contributed by atoms with Crippen LogP contribution >= 0.6 is 23.1 Å². The summed E-state index contributed by atoms with van der Waals surface area (Å²) in [5, 5.41) is 6.09. The topological polar surface area (TPSA) is 55.1 Å². The van der Waals surface area contributed by atoms with Gasteiger partial charge in [-0.05, 0) is 43.7 Å². The third kappa shape index (κ3) is 4.85. The number of rotatable bonds is 6. The predicted molar refractivity (Wildman–Crippen MR) is 95.5 cm³/mol. The van der Waals surface area contributed by atoms with Gasteiger partial charge >= 0.3 is 0 Å². The minimum atomic E-state index is 0.149. The number of thiazole rings is 1. The molecule has 1 saturated carbocycles. The molecule has 0 radical (unpaired) electrons. The summed E-state index contributed by atoms with van der Waals surface area (Å²) < 4.78 is 5.34. The van der Waals surface area contributed by atoms with E-state index >= 15 is 0 Å². The molecular formula is C17H22N2O2S2. The molecule has 3 rings (SSSR count). The number of amides is 1. The number of hydrogen-bond acceptors (Lipinski definition) is 5. The number of nitrogens with one attached hydrogen (secondary N) is 1. The third-order valence-electron chi connectivity index (χ3n) is 4.15. The molecule has 0 spiro atoms. The summed E-state index contributed by atoms with van der Waals surface area (Å²) in [7, 11) is 0. The Hall–Kier alpha value is -1.27. The van der Waals surface area contributed by atoms with E-state index in [2.05, 4.69) is 17.2 Å². The van der Waals surface area contributed by atoms with Crippen LogP contribution in [0.4, 0.5) is 0 Å². The van der Waals surface area contributed by atoms with Crippen LogP contribution in [0.25, 0.3) is 10.8 Å². The van der Waals surface area contributed by atoms with Crippen LogP contribution in [-0.4, -0.2) is 22.7 Å². The van der Waals surface area contributed by atoms with Gasteiger partial charge in [0, 0.05) is 17.2 Å². The fourth-order valence-electron chi connectivity index (χ4n) is 2.81. The highest BCUT2D eigenvalue weighted by molar-refractivity contribution is 7.99. The normalized spacial score (nSPS) is 21.3. The quantitative estimate of drug-likeness (QED) is 0.842. The molecule has 0 aliphatic heterocycles. The van der Waals surface area contributed by atoms with Crippen molar-refractivity contribution < 1.29 is 9.21 Å². The number of nitrogens with zero attached hydrogens (tertiary/aromatic N) is 1. The molecular weight excluding hydrogens is 328 g/mol. The second-order valence-corrected chi connectivity index (χ2v) is 7.98. The monoisotopic (exact) mass is 350 g/mol. The van der Waals surface area contributed by atoms with Crippen molar-refractivity contribution in [3.8, 4) is 10.8 Å². The molecule has 0 aromatic carbocycles. The number of aromatic nitrogens is 1. The van der Waals surface area contributed by atoms with E-state index in [4.69, 9.17) is 4.42 Å². The number of hydrogen-bond donors (Lipinski definition) is 1. The summed E-state index contributed by atoms with van der Waals surface area (Å²) in [6, 6.07) is 4.15. The average molecular weight is 351 g/mol. The van der Waals surface area contributed by atoms with E-state index in [1.807, 2.05) is 17.5 Å². The number of carbonyl (C=O) groups is 1. The SMILES string of the molecule is CC1CCC(NC(=O)CSCc2csc(-c3ccco3)n2)CC1. The molecule has 0 unspecified atom stereocenters. The molecule has 23 heavy (non-hydrogen) atoms. The van der Waals surface area contributed by atoms with E-state index < -0.39 is 0 Å². The Bertz CT molecular complexity index is 616. The molecule has 1 aliphatic rings. The van der Waals surface area contributed by atoms with E-state index in [1.165, 1.54) is 12.8 Å². The number of furan rings is 1. The summed E-state index contributed by atoms with van der Waals surface area (Å²) in [6.07, 6.45) is 6.35. The van der Waals surface area contributed by atoms with Crippen molar-refractivity contribution in [3.63, 3.8) is 0 Å². The summed E-state index contributed by atoms with van der Waals surface area (Å²) in [6.45, 7) is 2.29. The van der Waals surface area contributed by atoms with Crippen molar-refractivity contribution in [1.29, 1.82) is 0 Å². The maximum Gasteiger partial charge on any atom is 0.230 e. The van der Waals surface area contributed by atoms with Gasteiger partial charge in [0.1, 0.15) is 0 Å². The second kappa shape index (κ2) is 8.02. The molecule has 2 heterocycles. The zero-order valence-electron chi connectivity index (χ0n) is 13.3. The van der Waals surface area contributed by atoms with E-state index in [-0.39, 0.29) is 5.91 Å². The molecule has 0 saturated heterocycles. The Balaban J connectivity index is 1.38. The van der Waals surface area contributed by atoms with Crippen LogP contribution in [0.1, 0.15) is 38.3 Å². The van der Waals surface area contributed by atoms with Crippen molar-refractivity contribution in [3.05, 3.63) is 29.5 Å². The van der Waals surface area contributed by atoms with Crippen LogP contribution in [0.15, 0.2) is 28.2 Å². The third-order valence-corrected chi connectivity index (χ3v) is 6.02. The summed E-state index contributed by atoms with van der Waals surface area (Å²) in [5.74, 6) is 3.02. The fraction of sp³-hybridized carbons (Fsp3) is 0.529. The second-order valence-electron chi connectivity index (χ2n) is 6.14. The van der Waals surface area contributed by atoms with E-state index in [1.54, 1.807) is 29.4 Å². The van der Waals surface area contributed by atoms with Crippen LogP contribution in [0.3, 0.4) is 0 Å². The van der Waals surface area contributed by atoms with Crippen LogP contribution in [-0.2, 0) is 10.5 Å². The number of carbonyl (C=O) groups excluding carboxylic acids is 1. The first-order valence-corrected chi connectivity index (χ1v) is 10.1. The van der Waals surface area contributed by atoms with Gasteiger partial charge < -0.3 is 9.73 Å². The Labute approximate surface area is 145 Å². The Kier molecular flexibility index (Phi) is 5.78. The zero-order chi connectivity index (χ0) is 16.1. The Morgan fingerprint density at radius 3 is 3.00 bits per heavy atom. The first kappa shape index (κ1) is 16.6. The van der Waals surface area contributed by atoms with Gasteiger partial charge in [0.25, 0.3) is 0 Å². The molecule has 0 atom stereocenters. The highest BCUT2D eigenvalue weighted by Gasteiger charge is 2.19. The number of thioether (sulfide) groups is 1. The van der Waals surface area contributed by atoms with Gasteiger partial charge in [0.15, 0.2) is 10.8 Å². The summed E-state index contributed by atoms with van der Waals surface area (Å²) in [4.78, 5) is 16.6. The van der Waals surface area contributed by atoms with E-state index in [0.29, 0.717) is 11.8 Å². The first-order chi connectivity index (χ1) is 11.2. The van der Waals surface area contributed by atoms with Gasteiger partial charge in [-0.3, -0.25) is 4.79 Å². The molecule has 1 aliphatic carbocycles. The van der Waals surface area contributed by atoms with Crippen LogP contribution in [0.2, 0.25) is 0 Å². The lowest BCUT2D eigenvalue weighted by atomic mass is 9.87. The minimum Gasteiger partial charge on any atom is -0.462 e. The summed E-state index contributed by atoms with van der Waals surface area (Å²) in [5.41, 5.74) is 1.01. The van der Waals surface area contributed by atoms with Crippen molar-refractivity contribution >= 4 is 29.0 Å². The molecule has 2 aromatic rings. The Morgan fingerprint density at radius 1 is 1.43 bits per heavy atom. The highest BCUT2D eigenvalue weighted by atomic mass is 32.2. The van der Waals surface area contributed by atoms with Gasteiger partial charge in [0.05, 0.1) is 17.7 Å². The van der Waals surface area contributed by atoms with Crippen molar-refractivity contribution in [1.82, 2.24) is 10.3 Å². The highest BCUT2D eigenvalue weighted by Crippen LogP contribution is 2.26. The van der Waals surface area contributed by atoms with Gasteiger partial charge in [-0.2, -0.15) is 0 Å². The van der Waals surface area contributed by atoms with Crippen LogP contribution in [0.5, 0.6) is 0 Å². The van der Waals surface area contributed by atoms with E-state index in [9.17, 15) is 4.79 Å². The van der Waals surface area contributed by atoms with Crippen molar-refractivity contribution in [2.45, 2.75) is 44.4 Å². The van der Waals surface area contributed by atoms with Crippen molar-refractivity contribution in [2.75, 3.05) is 5.75 Å². The molecule has 0 bridgehead atoms. The Morgan fingerprint density at radius 2 is 2.26 bits per heavy atom. The summed E-state index contributed by atoms with van der Waals surface area (Å²) >= 11 is 3.19. The smallest absolute Gasteiger partial charge is 0.230 e. The molecule has 4 nitrogen and oxygen atoms in total.